The van der Waals surface area contributed by atoms with Crippen LogP contribution in [0.3, 0.4) is 0 Å². The number of nitrogens with one attached hydrogen (secondary N) is 1. The Bertz CT molecular complexity index is 535. The van der Waals surface area contributed by atoms with E-state index in [9.17, 15) is 0 Å². The van der Waals surface area contributed by atoms with Gasteiger partial charge in [-0.15, -0.1) is 24.0 Å². The van der Waals surface area contributed by atoms with Crippen LogP contribution in [-0.2, 0) is 0 Å². The topological polar surface area (TPSA) is 53.6 Å². The Morgan fingerprint density at radius 3 is 2.70 bits per heavy atom. The molecule has 1 atom stereocenters. The third kappa shape index (κ3) is 6.64. The monoisotopic (exact) mass is 470 g/mol. The first-order valence-corrected chi connectivity index (χ1v) is 8.52. The summed E-state index contributed by atoms with van der Waals surface area (Å²) < 4.78 is 0. The molecule has 0 radical (unpaired) electrons. The molecule has 1 aromatic rings. The molecule has 3 N–H and O–H groups in total. The Morgan fingerprint density at radius 2 is 2.13 bits per heavy atom. The highest BCUT2D eigenvalue weighted by atomic mass is 127. The maximum atomic E-state index is 6.20. The highest BCUT2D eigenvalue weighted by Crippen LogP contribution is 2.26. The molecule has 7 heteroatoms. The van der Waals surface area contributed by atoms with Crippen molar-refractivity contribution >= 4 is 53.1 Å². The van der Waals surface area contributed by atoms with Gasteiger partial charge in [-0.25, -0.2) is 0 Å². The molecule has 0 amide bonds. The van der Waals surface area contributed by atoms with Gasteiger partial charge in [-0.05, 0) is 44.0 Å². The maximum absolute atomic E-state index is 6.20. The zero-order valence-corrected chi connectivity index (χ0v) is 17.4. The van der Waals surface area contributed by atoms with Crippen molar-refractivity contribution in [1.82, 2.24) is 10.2 Å². The standard InChI is InChI=1S/C16H24Cl2N4.HI/c1-3-22(13-5-6-13)9-8-20-16(19)21-11(2)14-7-4-12(17)10-15(14)18;/h4,7,10-11,13H,3,5-6,8-9H2,1-2H3,(H3,19,20,21);1H. The highest BCUT2D eigenvalue weighted by molar-refractivity contribution is 14.0. The highest BCUT2D eigenvalue weighted by Gasteiger charge is 2.27. The molecule has 0 aliphatic heterocycles. The summed E-state index contributed by atoms with van der Waals surface area (Å²) in [5.74, 6) is 0.449. The number of benzene rings is 1. The van der Waals surface area contributed by atoms with Gasteiger partial charge in [0, 0.05) is 22.6 Å². The zero-order chi connectivity index (χ0) is 16.1. The van der Waals surface area contributed by atoms with E-state index in [1.165, 1.54) is 12.8 Å². The van der Waals surface area contributed by atoms with Gasteiger partial charge in [0.05, 0.1) is 12.6 Å². The summed E-state index contributed by atoms with van der Waals surface area (Å²) in [6, 6.07) is 6.21. The lowest BCUT2D eigenvalue weighted by molar-refractivity contribution is 0.286. The van der Waals surface area contributed by atoms with Crippen molar-refractivity contribution in [3.63, 3.8) is 0 Å². The van der Waals surface area contributed by atoms with Crippen molar-refractivity contribution < 1.29 is 0 Å². The van der Waals surface area contributed by atoms with Gasteiger partial charge in [0.15, 0.2) is 5.96 Å². The molecule has 4 nitrogen and oxygen atoms in total. The van der Waals surface area contributed by atoms with E-state index in [2.05, 4.69) is 22.1 Å². The molecule has 1 saturated carbocycles. The Labute approximate surface area is 165 Å². The van der Waals surface area contributed by atoms with Gasteiger partial charge in [0.1, 0.15) is 0 Å². The second-order valence-electron chi connectivity index (χ2n) is 5.66. The van der Waals surface area contributed by atoms with Crippen LogP contribution in [0, 0.1) is 0 Å². The molecule has 0 saturated heterocycles. The van der Waals surface area contributed by atoms with E-state index < -0.39 is 0 Å². The van der Waals surface area contributed by atoms with Crippen molar-refractivity contribution in [1.29, 1.82) is 0 Å². The molecular formula is C16H25Cl2IN4. The number of hydrogen-bond donors (Lipinski definition) is 2. The number of likely N-dealkylation sites (N-methyl/N-ethyl adjacent to an activating group) is 1. The number of aliphatic imine (C=N–C) groups is 1. The van der Waals surface area contributed by atoms with Crippen molar-refractivity contribution in [3.05, 3.63) is 33.8 Å². The average Bonchev–Trinajstić information content (AvgIpc) is 3.28. The fourth-order valence-electron chi connectivity index (χ4n) is 2.54. The van der Waals surface area contributed by atoms with E-state index in [1.807, 2.05) is 19.1 Å². The summed E-state index contributed by atoms with van der Waals surface area (Å²) in [4.78, 5) is 6.86. The molecule has 23 heavy (non-hydrogen) atoms. The van der Waals surface area contributed by atoms with E-state index in [0.717, 1.165) is 24.7 Å². The van der Waals surface area contributed by atoms with Gasteiger partial charge >= 0.3 is 0 Å². The van der Waals surface area contributed by atoms with E-state index in [0.29, 0.717) is 22.5 Å². The summed E-state index contributed by atoms with van der Waals surface area (Å²) in [5, 5.41) is 4.43. The van der Waals surface area contributed by atoms with Gasteiger partial charge in [0.2, 0.25) is 0 Å². The first-order chi connectivity index (χ1) is 10.5. The predicted molar refractivity (Wildman–Crippen MR) is 110 cm³/mol. The molecule has 0 bridgehead atoms. The second-order valence-corrected chi connectivity index (χ2v) is 6.50. The lowest BCUT2D eigenvalue weighted by Crippen LogP contribution is -2.35. The number of rotatable bonds is 7. The summed E-state index contributed by atoms with van der Waals surface area (Å²) in [7, 11) is 0. The Balaban J connectivity index is 0.00000264. The third-order valence-corrected chi connectivity index (χ3v) is 4.49. The summed E-state index contributed by atoms with van der Waals surface area (Å²) >= 11 is 12.1. The second kappa shape index (κ2) is 9.91. The van der Waals surface area contributed by atoms with Crippen LogP contribution in [0.4, 0.5) is 0 Å². The van der Waals surface area contributed by atoms with Crippen molar-refractivity contribution in [2.24, 2.45) is 10.7 Å². The molecule has 1 aromatic carbocycles. The van der Waals surface area contributed by atoms with Crippen molar-refractivity contribution in [2.75, 3.05) is 19.6 Å². The normalized spacial score (nSPS) is 16.1. The molecule has 0 heterocycles. The number of nitrogens with zero attached hydrogens (tertiary/aromatic N) is 2. The molecule has 130 valence electrons. The average molecular weight is 471 g/mol. The van der Waals surface area contributed by atoms with Crippen LogP contribution in [0.1, 0.15) is 38.3 Å². The first-order valence-electron chi connectivity index (χ1n) is 7.76. The molecule has 1 unspecified atom stereocenters. The van der Waals surface area contributed by atoms with Crippen molar-refractivity contribution in [2.45, 2.75) is 38.8 Å². The fourth-order valence-corrected chi connectivity index (χ4v) is 3.11. The smallest absolute Gasteiger partial charge is 0.189 e. The zero-order valence-electron chi connectivity index (χ0n) is 13.6. The van der Waals surface area contributed by atoms with Gasteiger partial charge in [0.25, 0.3) is 0 Å². The maximum Gasteiger partial charge on any atom is 0.189 e. The van der Waals surface area contributed by atoms with Crippen LogP contribution in [0.2, 0.25) is 10.0 Å². The number of halogens is 3. The van der Waals surface area contributed by atoms with Crippen LogP contribution >= 0.6 is 47.2 Å². The van der Waals surface area contributed by atoms with Crippen LogP contribution < -0.4 is 11.1 Å². The minimum absolute atomic E-state index is 0. The van der Waals surface area contributed by atoms with Gasteiger partial charge in [-0.1, -0.05) is 36.2 Å². The third-order valence-electron chi connectivity index (χ3n) is 3.93. The number of nitrogens with two attached hydrogens (primary N) is 1. The molecule has 1 fully saturated rings. The molecular weight excluding hydrogens is 446 g/mol. The van der Waals surface area contributed by atoms with Crippen molar-refractivity contribution in [3.8, 4) is 0 Å². The quantitative estimate of drug-likeness (QED) is 0.359. The molecule has 1 aliphatic rings. The lowest BCUT2D eigenvalue weighted by atomic mass is 10.1. The van der Waals surface area contributed by atoms with Gasteiger partial charge in [-0.3, -0.25) is 9.89 Å². The Kier molecular flexibility index (Phi) is 8.97. The van der Waals surface area contributed by atoms with Gasteiger partial charge < -0.3 is 11.1 Å². The molecule has 0 spiro atoms. The molecule has 0 aromatic heterocycles. The van der Waals surface area contributed by atoms with Gasteiger partial charge in [-0.2, -0.15) is 0 Å². The number of hydrogen-bond acceptors (Lipinski definition) is 2. The summed E-state index contributed by atoms with van der Waals surface area (Å²) in [6.07, 6.45) is 2.63. The predicted octanol–water partition coefficient (Wildman–Crippen LogP) is 4.06. The summed E-state index contributed by atoms with van der Waals surface area (Å²) in [5.41, 5.74) is 6.92. The van der Waals surface area contributed by atoms with Crippen LogP contribution in [0.5, 0.6) is 0 Å². The first kappa shape index (κ1) is 20.8. The minimum Gasteiger partial charge on any atom is -0.370 e. The SMILES string of the molecule is CCN(CCN=C(N)NC(C)c1ccc(Cl)cc1Cl)C1CC1.I. The van der Waals surface area contributed by atoms with E-state index >= 15 is 0 Å². The molecule has 1 aliphatic carbocycles. The largest absolute Gasteiger partial charge is 0.370 e. The van der Waals surface area contributed by atoms with E-state index in [-0.39, 0.29) is 30.0 Å². The van der Waals surface area contributed by atoms with E-state index in [4.69, 9.17) is 28.9 Å². The van der Waals surface area contributed by atoms with Crippen LogP contribution in [-0.4, -0.2) is 36.5 Å². The fraction of sp³-hybridized carbons (Fsp3) is 0.562. The molecule has 2 rings (SSSR count). The lowest BCUT2D eigenvalue weighted by Gasteiger charge is -2.19. The Hall–Kier alpha value is -0.240. The Morgan fingerprint density at radius 1 is 1.43 bits per heavy atom. The van der Waals surface area contributed by atoms with Crippen LogP contribution in [0.15, 0.2) is 23.2 Å². The van der Waals surface area contributed by atoms with E-state index in [1.54, 1.807) is 6.07 Å². The minimum atomic E-state index is -0.0146. The van der Waals surface area contributed by atoms with Crippen LogP contribution in [0.25, 0.3) is 0 Å². The number of guanidine groups is 1. The summed E-state index contributed by atoms with van der Waals surface area (Å²) in [6.45, 7) is 6.93.